The zero-order valence-electron chi connectivity index (χ0n) is 11.4. The number of quaternary nitrogens is 1. The lowest BCUT2D eigenvalue weighted by Crippen LogP contribution is -3.16. The second kappa shape index (κ2) is 6.92. The molecule has 0 radical (unpaired) electrons. The molecular weight excluding hydrogens is 260 g/mol. The molecule has 1 amide bonds. The Bertz CT molecular complexity index is 428. The highest BCUT2D eigenvalue weighted by molar-refractivity contribution is 6.33. The first kappa shape index (κ1) is 14.4. The third-order valence-electron chi connectivity index (χ3n) is 3.88. The van der Waals surface area contributed by atoms with Gasteiger partial charge in [0, 0.05) is 0 Å². The van der Waals surface area contributed by atoms with E-state index in [1.54, 1.807) is 6.07 Å². The van der Waals surface area contributed by atoms with Gasteiger partial charge < -0.3 is 10.2 Å². The van der Waals surface area contributed by atoms with Crippen LogP contribution >= 0.6 is 11.6 Å². The summed E-state index contributed by atoms with van der Waals surface area (Å²) in [5.74, 6) is 0.0602. The molecular formula is C15H22ClN2O+. The van der Waals surface area contributed by atoms with E-state index in [0.29, 0.717) is 10.7 Å². The number of carbonyl (C=O) groups excluding carboxylic acids is 1. The van der Waals surface area contributed by atoms with Crippen LogP contribution in [0.3, 0.4) is 0 Å². The Balaban J connectivity index is 1.97. The highest BCUT2D eigenvalue weighted by Crippen LogP contribution is 2.20. The SMILES string of the molecule is C[C@@H](C(=O)Nc1ccccc1Cl)[NH+]1CCCCCC1. The highest BCUT2D eigenvalue weighted by atomic mass is 35.5. The first-order valence-corrected chi connectivity index (χ1v) is 7.46. The van der Waals surface area contributed by atoms with Gasteiger partial charge in [0.05, 0.1) is 23.8 Å². The van der Waals surface area contributed by atoms with Crippen LogP contribution in [-0.4, -0.2) is 25.0 Å². The summed E-state index contributed by atoms with van der Waals surface area (Å²) in [7, 11) is 0. The quantitative estimate of drug-likeness (QED) is 0.874. The van der Waals surface area contributed by atoms with Crippen molar-refractivity contribution in [1.82, 2.24) is 0 Å². The number of nitrogens with one attached hydrogen (secondary N) is 2. The first-order valence-electron chi connectivity index (χ1n) is 7.08. The molecule has 1 aromatic rings. The van der Waals surface area contributed by atoms with Crippen LogP contribution in [0.15, 0.2) is 24.3 Å². The fraction of sp³-hybridized carbons (Fsp3) is 0.533. The second-order valence-corrected chi connectivity index (χ2v) is 5.67. The van der Waals surface area contributed by atoms with Gasteiger partial charge in [-0.2, -0.15) is 0 Å². The molecule has 104 valence electrons. The summed E-state index contributed by atoms with van der Waals surface area (Å²) >= 11 is 6.06. The zero-order chi connectivity index (χ0) is 13.7. The molecule has 0 spiro atoms. The number of hydrogen-bond acceptors (Lipinski definition) is 1. The van der Waals surface area contributed by atoms with Crippen LogP contribution in [0.4, 0.5) is 5.69 Å². The van der Waals surface area contributed by atoms with Crippen LogP contribution in [0.1, 0.15) is 32.6 Å². The van der Waals surface area contributed by atoms with Gasteiger partial charge in [-0.15, -0.1) is 0 Å². The number of para-hydroxylation sites is 1. The van der Waals surface area contributed by atoms with Crippen LogP contribution in [0, 0.1) is 0 Å². The van der Waals surface area contributed by atoms with Crippen molar-refractivity contribution < 1.29 is 9.69 Å². The van der Waals surface area contributed by atoms with Crippen molar-refractivity contribution in [2.75, 3.05) is 18.4 Å². The molecule has 1 saturated heterocycles. The van der Waals surface area contributed by atoms with Crippen molar-refractivity contribution in [3.8, 4) is 0 Å². The van der Waals surface area contributed by atoms with Crippen LogP contribution in [0.25, 0.3) is 0 Å². The molecule has 2 N–H and O–H groups in total. The molecule has 19 heavy (non-hydrogen) atoms. The molecule has 1 aliphatic heterocycles. The van der Waals surface area contributed by atoms with E-state index < -0.39 is 0 Å². The van der Waals surface area contributed by atoms with E-state index in [1.807, 2.05) is 25.1 Å². The van der Waals surface area contributed by atoms with E-state index in [4.69, 9.17) is 11.6 Å². The van der Waals surface area contributed by atoms with Gasteiger partial charge in [-0.1, -0.05) is 23.7 Å². The molecule has 1 aromatic carbocycles. The van der Waals surface area contributed by atoms with E-state index in [2.05, 4.69) is 5.32 Å². The fourth-order valence-electron chi connectivity index (χ4n) is 2.60. The largest absolute Gasteiger partial charge is 0.325 e. The summed E-state index contributed by atoms with van der Waals surface area (Å²) < 4.78 is 0. The van der Waals surface area contributed by atoms with E-state index in [9.17, 15) is 4.79 Å². The Hall–Kier alpha value is -1.06. The standard InChI is InChI=1S/C15H21ClN2O/c1-12(18-10-6-2-3-7-11-18)15(19)17-14-9-5-4-8-13(14)16/h4-5,8-9,12H,2-3,6-7,10-11H2,1H3,(H,17,19)/p+1/t12-/m0/s1. The van der Waals surface area contributed by atoms with Crippen LogP contribution in [-0.2, 0) is 4.79 Å². The summed E-state index contributed by atoms with van der Waals surface area (Å²) in [6, 6.07) is 7.35. The third-order valence-corrected chi connectivity index (χ3v) is 4.21. The minimum Gasteiger partial charge on any atom is -0.325 e. The molecule has 4 heteroatoms. The summed E-state index contributed by atoms with van der Waals surface area (Å²) in [5.41, 5.74) is 0.704. The maximum absolute atomic E-state index is 12.3. The Morgan fingerprint density at radius 1 is 1.21 bits per heavy atom. The van der Waals surface area contributed by atoms with E-state index in [1.165, 1.54) is 30.6 Å². The van der Waals surface area contributed by atoms with Crippen molar-refractivity contribution in [3.63, 3.8) is 0 Å². The molecule has 1 heterocycles. The van der Waals surface area contributed by atoms with E-state index >= 15 is 0 Å². The zero-order valence-corrected chi connectivity index (χ0v) is 12.2. The Kier molecular flexibility index (Phi) is 5.23. The normalized spacial score (nSPS) is 18.6. The van der Waals surface area contributed by atoms with Crippen molar-refractivity contribution in [1.29, 1.82) is 0 Å². The third kappa shape index (κ3) is 3.95. The number of rotatable bonds is 3. The Labute approximate surface area is 119 Å². The lowest BCUT2D eigenvalue weighted by atomic mass is 10.2. The number of benzene rings is 1. The smallest absolute Gasteiger partial charge is 0.282 e. The molecule has 1 aliphatic rings. The highest BCUT2D eigenvalue weighted by Gasteiger charge is 2.26. The lowest BCUT2D eigenvalue weighted by Gasteiger charge is -2.23. The van der Waals surface area contributed by atoms with Crippen LogP contribution < -0.4 is 10.2 Å². The van der Waals surface area contributed by atoms with Crippen LogP contribution in [0.2, 0.25) is 5.02 Å². The molecule has 3 nitrogen and oxygen atoms in total. The minimum absolute atomic E-state index is 0.0191. The van der Waals surface area contributed by atoms with Crippen molar-refractivity contribution in [3.05, 3.63) is 29.3 Å². The van der Waals surface area contributed by atoms with Gasteiger partial charge in [-0.3, -0.25) is 4.79 Å². The summed E-state index contributed by atoms with van der Waals surface area (Å²) in [5, 5.41) is 3.53. The van der Waals surface area contributed by atoms with Gasteiger partial charge >= 0.3 is 0 Å². The van der Waals surface area contributed by atoms with Crippen molar-refractivity contribution in [2.24, 2.45) is 0 Å². The van der Waals surface area contributed by atoms with Crippen LogP contribution in [0.5, 0.6) is 0 Å². The molecule has 0 saturated carbocycles. The van der Waals surface area contributed by atoms with E-state index in [-0.39, 0.29) is 11.9 Å². The summed E-state index contributed by atoms with van der Waals surface area (Å²) in [6.07, 6.45) is 5.03. The van der Waals surface area contributed by atoms with Gasteiger partial charge in [0.1, 0.15) is 0 Å². The molecule has 0 aromatic heterocycles. The maximum atomic E-state index is 12.3. The monoisotopic (exact) mass is 281 g/mol. The predicted octanol–water partition coefficient (Wildman–Crippen LogP) is 2.13. The van der Waals surface area contributed by atoms with Crippen molar-refractivity contribution in [2.45, 2.75) is 38.6 Å². The summed E-state index contributed by atoms with van der Waals surface area (Å²) in [4.78, 5) is 13.7. The predicted molar refractivity (Wildman–Crippen MR) is 78.7 cm³/mol. The number of amides is 1. The van der Waals surface area contributed by atoms with Crippen molar-refractivity contribution >= 4 is 23.2 Å². The molecule has 0 unspecified atom stereocenters. The number of halogens is 1. The molecule has 0 bridgehead atoms. The van der Waals surface area contributed by atoms with Gasteiger partial charge in [0.15, 0.2) is 6.04 Å². The molecule has 2 rings (SSSR count). The fourth-order valence-corrected chi connectivity index (χ4v) is 2.79. The maximum Gasteiger partial charge on any atom is 0.282 e. The number of likely N-dealkylation sites (tertiary alicyclic amines) is 1. The number of carbonyl (C=O) groups is 1. The molecule has 1 fully saturated rings. The van der Waals surface area contributed by atoms with Gasteiger partial charge in [-0.25, -0.2) is 0 Å². The Morgan fingerprint density at radius 2 is 1.84 bits per heavy atom. The second-order valence-electron chi connectivity index (χ2n) is 5.26. The average molecular weight is 282 g/mol. The summed E-state index contributed by atoms with van der Waals surface area (Å²) in [6.45, 7) is 4.20. The number of anilines is 1. The first-order chi connectivity index (χ1) is 9.18. The molecule has 1 atom stereocenters. The van der Waals surface area contributed by atoms with E-state index in [0.717, 1.165) is 13.1 Å². The topological polar surface area (TPSA) is 33.5 Å². The van der Waals surface area contributed by atoms with Gasteiger partial charge in [0.2, 0.25) is 0 Å². The Morgan fingerprint density at radius 3 is 2.47 bits per heavy atom. The van der Waals surface area contributed by atoms with Gasteiger partial charge in [-0.05, 0) is 44.7 Å². The number of hydrogen-bond donors (Lipinski definition) is 2. The lowest BCUT2D eigenvalue weighted by molar-refractivity contribution is -0.913. The average Bonchev–Trinajstić information content (AvgIpc) is 2.69. The minimum atomic E-state index is -0.0191. The van der Waals surface area contributed by atoms with Gasteiger partial charge in [0.25, 0.3) is 5.91 Å². The molecule has 0 aliphatic carbocycles.